The lowest BCUT2D eigenvalue weighted by molar-refractivity contribution is 0.0470. The molecule has 0 bridgehead atoms. The number of hydrogen-bond acceptors (Lipinski definition) is 6. The average Bonchev–Trinajstić information content (AvgIpc) is 2.58. The van der Waals surface area contributed by atoms with E-state index in [-0.39, 0.29) is 17.1 Å². The summed E-state index contributed by atoms with van der Waals surface area (Å²) in [7, 11) is -2.62. The minimum absolute atomic E-state index is 0.0284. The first-order valence-corrected chi connectivity index (χ1v) is 8.75. The number of ether oxygens (including phenoxy) is 2. The van der Waals surface area contributed by atoms with Gasteiger partial charge in [0.2, 0.25) is 10.0 Å². The van der Waals surface area contributed by atoms with Crippen molar-refractivity contribution in [1.29, 1.82) is 0 Å². The molecule has 0 radical (unpaired) electrons. The highest BCUT2D eigenvalue weighted by atomic mass is 32.2. The van der Waals surface area contributed by atoms with Gasteiger partial charge in [-0.05, 0) is 42.3 Å². The van der Waals surface area contributed by atoms with Gasteiger partial charge in [0.05, 0.1) is 23.1 Å². The first-order chi connectivity index (χ1) is 11.7. The Morgan fingerprint density at radius 3 is 2.24 bits per heavy atom. The second-order valence-corrected chi connectivity index (χ2v) is 6.85. The molecule has 0 aliphatic rings. The molecule has 0 aromatic heterocycles. The van der Waals surface area contributed by atoms with Gasteiger partial charge in [0, 0.05) is 0 Å². The Morgan fingerprint density at radius 2 is 1.68 bits per heavy atom. The number of benzene rings is 2. The molecule has 0 aliphatic carbocycles. The number of primary sulfonamides is 1. The molecule has 0 aliphatic heterocycles. The molecule has 0 amide bonds. The number of sulfonamides is 1. The van der Waals surface area contributed by atoms with Crippen molar-refractivity contribution in [2.75, 3.05) is 7.11 Å². The van der Waals surface area contributed by atoms with E-state index >= 15 is 0 Å². The van der Waals surface area contributed by atoms with Crippen molar-refractivity contribution in [1.82, 2.24) is 0 Å². The van der Waals surface area contributed by atoms with Crippen molar-refractivity contribution in [3.8, 4) is 0 Å². The Hall–Kier alpha value is -2.71. The summed E-state index contributed by atoms with van der Waals surface area (Å²) in [5.41, 5.74) is 1.74. The maximum Gasteiger partial charge on any atom is 0.338 e. The minimum Gasteiger partial charge on any atom is -0.465 e. The second kappa shape index (κ2) is 7.45. The fourth-order valence-electron chi connectivity index (χ4n) is 2.08. The lowest BCUT2D eigenvalue weighted by atomic mass is 10.1. The van der Waals surface area contributed by atoms with E-state index in [1.54, 1.807) is 31.2 Å². The summed E-state index contributed by atoms with van der Waals surface area (Å²) in [5.74, 6) is -1.13. The Labute approximate surface area is 145 Å². The van der Waals surface area contributed by atoms with Crippen molar-refractivity contribution in [3.05, 3.63) is 64.7 Å². The Kier molecular flexibility index (Phi) is 5.55. The molecule has 2 aromatic rings. The highest BCUT2D eigenvalue weighted by Gasteiger charge is 2.16. The van der Waals surface area contributed by atoms with Crippen molar-refractivity contribution >= 4 is 22.0 Å². The second-order valence-electron chi connectivity index (χ2n) is 5.29. The zero-order chi connectivity index (χ0) is 18.6. The number of carbonyl (C=O) groups excluding carboxylic acids is 2. The van der Waals surface area contributed by atoms with Crippen LogP contribution in [0.15, 0.2) is 47.4 Å². The first-order valence-electron chi connectivity index (χ1n) is 7.20. The molecular formula is C17H17NO6S. The smallest absolute Gasteiger partial charge is 0.338 e. The zero-order valence-electron chi connectivity index (χ0n) is 13.7. The molecular weight excluding hydrogens is 346 g/mol. The molecule has 7 nitrogen and oxygen atoms in total. The van der Waals surface area contributed by atoms with Crippen molar-refractivity contribution < 1.29 is 27.5 Å². The maximum atomic E-state index is 12.2. The van der Waals surface area contributed by atoms with Gasteiger partial charge in [-0.3, -0.25) is 0 Å². The average molecular weight is 363 g/mol. The number of rotatable bonds is 5. The Balaban J connectivity index is 2.11. The molecule has 2 N–H and O–H groups in total. The fraction of sp³-hybridized carbons (Fsp3) is 0.176. The number of methoxy groups -OCH3 is 1. The van der Waals surface area contributed by atoms with Crippen LogP contribution >= 0.6 is 0 Å². The summed E-state index contributed by atoms with van der Waals surface area (Å²) in [6.45, 7) is 1.63. The first kappa shape index (κ1) is 18.6. The molecule has 8 heteroatoms. The summed E-state index contributed by atoms with van der Waals surface area (Å²) in [4.78, 5) is 23.4. The highest BCUT2D eigenvalue weighted by Crippen LogP contribution is 2.16. The van der Waals surface area contributed by atoms with Crippen LogP contribution in [-0.2, 0) is 26.1 Å². The van der Waals surface area contributed by atoms with E-state index in [9.17, 15) is 18.0 Å². The predicted molar refractivity (Wildman–Crippen MR) is 89.5 cm³/mol. The normalized spacial score (nSPS) is 11.0. The lowest BCUT2D eigenvalue weighted by Crippen LogP contribution is -2.14. The van der Waals surface area contributed by atoms with Crippen LogP contribution in [0, 0.1) is 6.92 Å². The number of aryl methyl sites for hydroxylation is 1. The van der Waals surface area contributed by atoms with E-state index in [0.29, 0.717) is 16.7 Å². The maximum absolute atomic E-state index is 12.2. The molecule has 2 rings (SSSR count). The largest absolute Gasteiger partial charge is 0.465 e. The number of nitrogens with two attached hydrogens (primary N) is 1. The monoisotopic (exact) mass is 363 g/mol. The Morgan fingerprint density at radius 1 is 1.04 bits per heavy atom. The SMILES string of the molecule is COC(=O)c1ccc(COC(=O)c2cc(S(N)(=O)=O)ccc2C)cc1. The Bertz CT molecular complexity index is 903. The highest BCUT2D eigenvalue weighted by molar-refractivity contribution is 7.89. The van der Waals surface area contributed by atoms with Gasteiger partial charge in [-0.15, -0.1) is 0 Å². The molecule has 132 valence electrons. The number of carbonyl (C=O) groups is 2. The van der Waals surface area contributed by atoms with E-state index in [0.717, 1.165) is 0 Å². The van der Waals surface area contributed by atoms with Crippen LogP contribution < -0.4 is 5.14 Å². The van der Waals surface area contributed by atoms with E-state index in [2.05, 4.69) is 4.74 Å². The quantitative estimate of drug-likeness (QED) is 0.810. The van der Waals surface area contributed by atoms with E-state index in [1.165, 1.54) is 25.3 Å². The van der Waals surface area contributed by atoms with Crippen LogP contribution in [0.5, 0.6) is 0 Å². The summed E-state index contributed by atoms with van der Waals surface area (Å²) >= 11 is 0. The number of hydrogen-bond donors (Lipinski definition) is 1. The van der Waals surface area contributed by atoms with Gasteiger partial charge in [0.15, 0.2) is 0 Å². The summed E-state index contributed by atoms with van der Waals surface area (Å²) in [5, 5.41) is 5.07. The predicted octanol–water partition coefficient (Wildman–Crippen LogP) is 1.79. The van der Waals surface area contributed by atoms with Crippen LogP contribution in [0.3, 0.4) is 0 Å². The molecule has 0 spiro atoms. The van der Waals surface area contributed by atoms with Gasteiger partial charge in [0.1, 0.15) is 6.61 Å². The molecule has 0 unspecified atom stereocenters. The van der Waals surface area contributed by atoms with Gasteiger partial charge in [-0.1, -0.05) is 18.2 Å². The van der Waals surface area contributed by atoms with Crippen LogP contribution in [0.4, 0.5) is 0 Å². The molecule has 2 aromatic carbocycles. The van der Waals surface area contributed by atoms with Crippen LogP contribution in [0.2, 0.25) is 0 Å². The van der Waals surface area contributed by atoms with Crippen LogP contribution in [-0.4, -0.2) is 27.5 Å². The topological polar surface area (TPSA) is 113 Å². The molecule has 0 saturated heterocycles. The van der Waals surface area contributed by atoms with E-state index in [1.807, 2.05) is 0 Å². The van der Waals surface area contributed by atoms with Gasteiger partial charge < -0.3 is 9.47 Å². The standard InChI is InChI=1S/C17H17NO6S/c1-11-3-8-14(25(18,21)22)9-15(11)17(20)24-10-12-4-6-13(7-5-12)16(19)23-2/h3-9H,10H2,1-2H3,(H2,18,21,22). The van der Waals surface area contributed by atoms with Gasteiger partial charge in [0.25, 0.3) is 0 Å². The molecule has 0 heterocycles. The van der Waals surface area contributed by atoms with E-state index < -0.39 is 22.0 Å². The third-order valence-corrected chi connectivity index (χ3v) is 4.41. The lowest BCUT2D eigenvalue weighted by Gasteiger charge is -2.09. The van der Waals surface area contributed by atoms with E-state index in [4.69, 9.17) is 9.88 Å². The van der Waals surface area contributed by atoms with Crippen LogP contribution in [0.25, 0.3) is 0 Å². The molecule has 0 saturated carbocycles. The summed E-state index contributed by atoms with van der Waals surface area (Å²) in [6.07, 6.45) is 0. The molecule has 0 fully saturated rings. The molecule has 0 atom stereocenters. The molecule has 25 heavy (non-hydrogen) atoms. The third kappa shape index (κ3) is 4.65. The van der Waals surface area contributed by atoms with Crippen LogP contribution in [0.1, 0.15) is 31.8 Å². The van der Waals surface area contributed by atoms with Gasteiger partial charge in [-0.2, -0.15) is 0 Å². The van der Waals surface area contributed by atoms with Crippen molar-refractivity contribution in [2.45, 2.75) is 18.4 Å². The van der Waals surface area contributed by atoms with Gasteiger partial charge in [-0.25, -0.2) is 23.1 Å². The zero-order valence-corrected chi connectivity index (χ0v) is 14.5. The summed E-state index contributed by atoms with van der Waals surface area (Å²) in [6, 6.07) is 10.4. The number of esters is 2. The van der Waals surface area contributed by atoms with Gasteiger partial charge >= 0.3 is 11.9 Å². The fourth-order valence-corrected chi connectivity index (χ4v) is 2.62. The summed E-state index contributed by atoms with van der Waals surface area (Å²) < 4.78 is 32.6. The minimum atomic E-state index is -3.91. The third-order valence-electron chi connectivity index (χ3n) is 3.50. The van der Waals surface area contributed by atoms with Crippen molar-refractivity contribution in [2.24, 2.45) is 5.14 Å². The van der Waals surface area contributed by atoms with Crippen molar-refractivity contribution in [3.63, 3.8) is 0 Å².